The first kappa shape index (κ1) is 20.8. The number of halogens is 1. The van der Waals surface area contributed by atoms with Gasteiger partial charge in [0, 0.05) is 37.4 Å². The molecule has 3 rings (SSSR count). The average Bonchev–Trinajstić information content (AvgIpc) is 3.06. The molecule has 144 valence electrons. The van der Waals surface area contributed by atoms with E-state index in [1.54, 1.807) is 31.1 Å². The molecule has 3 aromatic rings. The van der Waals surface area contributed by atoms with Gasteiger partial charge >= 0.3 is 0 Å². The van der Waals surface area contributed by atoms with Crippen LogP contribution in [0.5, 0.6) is 0 Å². The number of carbonyl (C=O) groups excluding carboxylic acids is 1. The maximum absolute atomic E-state index is 13.2. The molecule has 0 bridgehead atoms. The minimum Gasteiger partial charge on any atom is -0.455 e. The molecule has 0 fully saturated rings. The summed E-state index contributed by atoms with van der Waals surface area (Å²) >= 11 is 1.58. The number of nitrogens with zero attached hydrogens (tertiary/aromatic N) is 1. The van der Waals surface area contributed by atoms with Crippen molar-refractivity contribution in [2.45, 2.75) is 20.3 Å². The molecule has 27 heavy (non-hydrogen) atoms. The Balaban J connectivity index is 0.000000817. The van der Waals surface area contributed by atoms with Crippen molar-refractivity contribution >= 4 is 34.5 Å². The maximum atomic E-state index is 13.2. The summed E-state index contributed by atoms with van der Waals surface area (Å²) in [6.45, 7) is 4.25. The Morgan fingerprint density at radius 3 is 2.37 bits per heavy atom. The topological polar surface area (TPSA) is 45.5 Å². The highest BCUT2D eigenvalue weighted by molar-refractivity contribution is 7.99. The van der Waals surface area contributed by atoms with Crippen molar-refractivity contribution < 1.29 is 13.6 Å². The van der Waals surface area contributed by atoms with Gasteiger partial charge in [-0.15, -0.1) is 0 Å². The van der Waals surface area contributed by atoms with Crippen molar-refractivity contribution in [2.75, 3.05) is 24.7 Å². The normalized spacial score (nSPS) is 10.3. The van der Waals surface area contributed by atoms with Crippen molar-refractivity contribution in [1.82, 2.24) is 5.32 Å². The highest BCUT2D eigenvalue weighted by atomic mass is 32.2. The van der Waals surface area contributed by atoms with Gasteiger partial charge in [0.25, 0.3) is 5.91 Å². The zero-order chi connectivity index (χ0) is 20.0. The number of furan rings is 1. The molecule has 6 heteroatoms. The zero-order valence-corrected chi connectivity index (χ0v) is 17.1. The summed E-state index contributed by atoms with van der Waals surface area (Å²) in [6.07, 6.45) is 3.23. The number of hydrogen-bond acceptors (Lipinski definition) is 4. The lowest BCUT2D eigenvalue weighted by Crippen LogP contribution is -2.18. The lowest BCUT2D eigenvalue weighted by molar-refractivity contribution is 0.0964. The molecule has 1 N–H and O–H groups in total. The molecule has 1 aromatic heterocycles. The third kappa shape index (κ3) is 4.63. The van der Waals surface area contributed by atoms with Crippen LogP contribution in [0.4, 0.5) is 10.1 Å². The zero-order valence-electron chi connectivity index (χ0n) is 16.3. The third-order valence-corrected chi connectivity index (χ3v) is 4.63. The van der Waals surface area contributed by atoms with Crippen LogP contribution in [0, 0.1) is 5.82 Å². The largest absolute Gasteiger partial charge is 0.455 e. The Morgan fingerprint density at radius 2 is 1.81 bits per heavy atom. The summed E-state index contributed by atoms with van der Waals surface area (Å²) in [4.78, 5) is 12.4. The molecule has 0 saturated heterocycles. The number of rotatable bonds is 4. The van der Waals surface area contributed by atoms with E-state index in [1.807, 2.05) is 35.8 Å². The molecule has 1 amide bonds. The molecule has 2 aromatic carbocycles. The van der Waals surface area contributed by atoms with Crippen LogP contribution in [-0.4, -0.2) is 26.3 Å². The first-order valence-electron chi connectivity index (χ1n) is 8.79. The van der Waals surface area contributed by atoms with Gasteiger partial charge in [0.05, 0.1) is 11.3 Å². The highest BCUT2D eigenvalue weighted by Gasteiger charge is 2.22. The first-order chi connectivity index (χ1) is 13.0. The quantitative estimate of drug-likeness (QED) is 0.580. The van der Waals surface area contributed by atoms with Crippen LogP contribution in [0.1, 0.15) is 30.6 Å². The van der Waals surface area contributed by atoms with Crippen LogP contribution in [0.2, 0.25) is 0 Å². The molecule has 0 radical (unpaired) electrons. The van der Waals surface area contributed by atoms with E-state index in [2.05, 4.69) is 19.2 Å². The van der Waals surface area contributed by atoms with E-state index in [9.17, 15) is 9.18 Å². The van der Waals surface area contributed by atoms with Crippen molar-refractivity contribution in [2.24, 2.45) is 0 Å². The maximum Gasteiger partial charge on any atom is 0.255 e. The van der Waals surface area contributed by atoms with Crippen LogP contribution in [0.3, 0.4) is 0 Å². The fraction of sp³-hybridized carbons (Fsp3) is 0.286. The van der Waals surface area contributed by atoms with Crippen LogP contribution in [0.15, 0.2) is 46.9 Å². The van der Waals surface area contributed by atoms with Gasteiger partial charge in [0.2, 0.25) is 0 Å². The van der Waals surface area contributed by atoms with Gasteiger partial charge in [0.1, 0.15) is 17.2 Å². The smallest absolute Gasteiger partial charge is 0.255 e. The molecule has 0 spiro atoms. The number of anilines is 1. The molecule has 0 atom stereocenters. The molecule has 4 nitrogen and oxygen atoms in total. The molecule has 0 aliphatic carbocycles. The van der Waals surface area contributed by atoms with E-state index < -0.39 is 0 Å². The lowest BCUT2D eigenvalue weighted by Gasteiger charge is -2.14. The molecule has 0 saturated carbocycles. The third-order valence-electron chi connectivity index (χ3n) is 3.87. The number of fused-ring (bicyclic) bond motifs is 1. The second-order valence-electron chi connectivity index (χ2n) is 5.96. The Morgan fingerprint density at radius 1 is 1.19 bits per heavy atom. The van der Waals surface area contributed by atoms with Gasteiger partial charge < -0.3 is 14.0 Å². The Kier molecular flexibility index (Phi) is 7.30. The molecule has 0 unspecified atom stereocenters. The number of nitrogens with one attached hydrogen (secondary N) is 1. The Bertz CT molecular complexity index is 906. The summed E-state index contributed by atoms with van der Waals surface area (Å²) in [5.41, 5.74) is 2.70. The van der Waals surface area contributed by atoms with Gasteiger partial charge in [0.15, 0.2) is 0 Å². The van der Waals surface area contributed by atoms with E-state index in [4.69, 9.17) is 4.42 Å². The van der Waals surface area contributed by atoms with Crippen LogP contribution < -0.4 is 9.62 Å². The molecule has 0 aliphatic rings. The number of amides is 1. The standard InChI is InChI=1S/C18H17FN2O2S.C3H8/c1-20-18(22)16-14-9-8-13(21(2)24-3)10-15(14)23-17(16)11-4-6-12(19)7-5-11;1-3-2/h4-10H,1-3H3,(H,20,22);3H2,1-2H3. The van der Waals surface area contributed by atoms with E-state index in [1.165, 1.54) is 18.6 Å². The van der Waals surface area contributed by atoms with Gasteiger partial charge in [-0.05, 0) is 36.4 Å². The molecule has 0 aliphatic heterocycles. The van der Waals surface area contributed by atoms with Crippen LogP contribution in [-0.2, 0) is 0 Å². The fourth-order valence-corrected chi connectivity index (χ4v) is 2.87. The monoisotopic (exact) mass is 388 g/mol. The fourth-order valence-electron chi connectivity index (χ4n) is 2.54. The van der Waals surface area contributed by atoms with Crippen LogP contribution in [0.25, 0.3) is 22.3 Å². The van der Waals surface area contributed by atoms with E-state index in [0.717, 1.165) is 11.1 Å². The number of carbonyl (C=O) groups is 1. The molecule has 1 heterocycles. The Hall–Kier alpha value is -2.47. The molecular weight excluding hydrogens is 363 g/mol. The van der Waals surface area contributed by atoms with Gasteiger partial charge in [-0.2, -0.15) is 0 Å². The second-order valence-corrected chi connectivity index (χ2v) is 6.87. The van der Waals surface area contributed by atoms with Crippen molar-refractivity contribution in [3.8, 4) is 11.3 Å². The summed E-state index contributed by atoms with van der Waals surface area (Å²) in [6, 6.07) is 11.6. The summed E-state index contributed by atoms with van der Waals surface area (Å²) in [5, 5.41) is 3.37. The average molecular weight is 389 g/mol. The SMILES string of the molecule is CCC.CNC(=O)c1c(-c2ccc(F)cc2)oc2cc(N(C)SC)ccc12. The van der Waals surface area contributed by atoms with E-state index >= 15 is 0 Å². The van der Waals surface area contributed by atoms with Crippen LogP contribution >= 0.6 is 11.9 Å². The number of hydrogen-bond donors (Lipinski definition) is 1. The van der Waals surface area contributed by atoms with E-state index in [-0.39, 0.29) is 11.7 Å². The minimum atomic E-state index is -0.333. The van der Waals surface area contributed by atoms with Gasteiger partial charge in [-0.3, -0.25) is 4.79 Å². The number of benzene rings is 2. The molecular formula is C21H25FN2O2S. The first-order valence-corrected chi connectivity index (χ1v) is 9.97. The Labute approximate surface area is 163 Å². The van der Waals surface area contributed by atoms with Gasteiger partial charge in [-0.1, -0.05) is 32.2 Å². The minimum absolute atomic E-state index is 0.237. The summed E-state index contributed by atoms with van der Waals surface area (Å²) < 4.78 is 21.2. The van der Waals surface area contributed by atoms with Gasteiger partial charge in [-0.25, -0.2) is 4.39 Å². The van der Waals surface area contributed by atoms with Crippen molar-refractivity contribution in [1.29, 1.82) is 0 Å². The summed E-state index contributed by atoms with van der Waals surface area (Å²) in [5.74, 6) is -0.132. The summed E-state index contributed by atoms with van der Waals surface area (Å²) in [7, 11) is 3.53. The lowest BCUT2D eigenvalue weighted by atomic mass is 10.0. The van der Waals surface area contributed by atoms with Crippen molar-refractivity contribution in [3.63, 3.8) is 0 Å². The van der Waals surface area contributed by atoms with Crippen molar-refractivity contribution in [3.05, 3.63) is 53.8 Å². The predicted molar refractivity (Wildman–Crippen MR) is 113 cm³/mol. The second kappa shape index (κ2) is 9.46. The predicted octanol–water partition coefficient (Wildman–Crippen LogP) is 5.73. The highest BCUT2D eigenvalue weighted by Crippen LogP contribution is 2.36. The van der Waals surface area contributed by atoms with E-state index in [0.29, 0.717) is 22.5 Å².